The van der Waals surface area contributed by atoms with Crippen molar-refractivity contribution < 1.29 is 28.6 Å². The average molecular weight is 877 g/mol. The smallest absolute Gasteiger partial charge is 0.306 e. The Bertz CT molecular complexity index is 1240. The minimum Gasteiger partial charge on any atom is -0.462 e. The van der Waals surface area contributed by atoms with Crippen molar-refractivity contribution in [2.45, 2.75) is 245 Å². The van der Waals surface area contributed by atoms with Crippen molar-refractivity contribution in [1.29, 1.82) is 0 Å². The minimum absolute atomic E-state index is 0.102. The predicted octanol–water partition coefficient (Wildman–Crippen LogP) is 17.2. The number of unbranched alkanes of at least 4 members (excludes halogenated alkanes) is 21. The van der Waals surface area contributed by atoms with Crippen LogP contribution < -0.4 is 0 Å². The zero-order chi connectivity index (χ0) is 45.8. The molecule has 360 valence electrons. The van der Waals surface area contributed by atoms with Crippen LogP contribution in [0.25, 0.3) is 0 Å². The lowest BCUT2D eigenvalue weighted by molar-refractivity contribution is -0.166. The highest BCUT2D eigenvalue weighted by molar-refractivity contribution is 5.71. The fraction of sp³-hybridized carbons (Fsp3) is 0.702. The molecule has 63 heavy (non-hydrogen) atoms. The molecule has 0 aromatic heterocycles. The normalized spacial score (nSPS) is 12.7. The molecule has 0 bridgehead atoms. The number of carbonyl (C=O) groups excluding carboxylic acids is 3. The summed E-state index contributed by atoms with van der Waals surface area (Å²) in [6.45, 7) is 6.43. The molecule has 0 amide bonds. The summed E-state index contributed by atoms with van der Waals surface area (Å²) in [5.74, 6) is -1.000. The van der Waals surface area contributed by atoms with Crippen molar-refractivity contribution in [3.05, 3.63) is 85.1 Å². The second kappa shape index (κ2) is 51.2. The summed E-state index contributed by atoms with van der Waals surface area (Å²) in [7, 11) is 0. The van der Waals surface area contributed by atoms with Gasteiger partial charge in [-0.25, -0.2) is 0 Å². The molecule has 0 aliphatic heterocycles. The van der Waals surface area contributed by atoms with Gasteiger partial charge in [-0.15, -0.1) is 0 Å². The largest absolute Gasteiger partial charge is 0.462 e. The van der Waals surface area contributed by atoms with Crippen molar-refractivity contribution in [3.8, 4) is 0 Å². The number of rotatable bonds is 46. The first-order valence-corrected chi connectivity index (χ1v) is 26.1. The van der Waals surface area contributed by atoms with E-state index in [9.17, 15) is 14.4 Å². The lowest BCUT2D eigenvalue weighted by Crippen LogP contribution is -2.30. The molecule has 0 aliphatic rings. The van der Waals surface area contributed by atoms with E-state index in [2.05, 4.69) is 99.8 Å². The molecule has 0 aliphatic carbocycles. The molecule has 0 unspecified atom stereocenters. The van der Waals surface area contributed by atoms with E-state index in [4.69, 9.17) is 14.2 Å². The molecule has 0 heterocycles. The third-order valence-corrected chi connectivity index (χ3v) is 10.9. The Morgan fingerprint density at radius 2 is 0.651 bits per heavy atom. The standard InChI is InChI=1S/C57H96O6/c1-4-7-10-13-16-19-22-24-26-28-29-30-32-33-35-38-41-44-47-50-56(59)62-53-54(52-61-55(58)49-46-43-40-37-21-18-15-12-9-6-3)63-57(60)51-48-45-42-39-36-34-31-27-25-23-20-17-14-11-8-5-2/h7,10,16,19,24,26-27,29-31,33,35,41,44,54H,4-6,8-9,11-15,17-18,20-23,25,28,32,34,36-40,42-43,45-53H2,1-3H3/b10-7-,19-16-,26-24-,30-29-,31-27-,35-33-,44-41-/t54-/m1/s1. The van der Waals surface area contributed by atoms with E-state index >= 15 is 0 Å². The molecule has 0 radical (unpaired) electrons. The molecule has 0 aromatic rings. The van der Waals surface area contributed by atoms with Crippen molar-refractivity contribution in [1.82, 2.24) is 0 Å². The van der Waals surface area contributed by atoms with Gasteiger partial charge in [0.1, 0.15) is 13.2 Å². The van der Waals surface area contributed by atoms with Crippen LogP contribution in [0.3, 0.4) is 0 Å². The third kappa shape index (κ3) is 49.5. The number of allylic oxidation sites excluding steroid dienone is 14. The summed E-state index contributed by atoms with van der Waals surface area (Å²) in [5.41, 5.74) is 0. The van der Waals surface area contributed by atoms with Crippen LogP contribution >= 0.6 is 0 Å². The van der Waals surface area contributed by atoms with E-state index in [1.54, 1.807) is 0 Å². The van der Waals surface area contributed by atoms with Crippen LogP contribution in [0.4, 0.5) is 0 Å². The second-order valence-corrected chi connectivity index (χ2v) is 17.1. The summed E-state index contributed by atoms with van der Waals surface area (Å²) in [6.07, 6.45) is 65.8. The first-order valence-electron chi connectivity index (χ1n) is 26.1. The number of hydrogen-bond donors (Lipinski definition) is 0. The monoisotopic (exact) mass is 877 g/mol. The second-order valence-electron chi connectivity index (χ2n) is 17.1. The van der Waals surface area contributed by atoms with Crippen molar-refractivity contribution >= 4 is 17.9 Å². The molecule has 0 aromatic carbocycles. The molecule has 0 spiro atoms. The lowest BCUT2D eigenvalue weighted by Gasteiger charge is -2.18. The quantitative estimate of drug-likeness (QED) is 0.0262. The maximum absolute atomic E-state index is 12.8. The van der Waals surface area contributed by atoms with Gasteiger partial charge >= 0.3 is 17.9 Å². The fourth-order valence-corrected chi connectivity index (χ4v) is 6.99. The maximum atomic E-state index is 12.8. The van der Waals surface area contributed by atoms with E-state index in [-0.39, 0.29) is 37.5 Å². The van der Waals surface area contributed by atoms with Crippen LogP contribution in [-0.2, 0) is 28.6 Å². The Hall–Kier alpha value is -3.41. The number of carbonyl (C=O) groups is 3. The molecule has 0 saturated carbocycles. The summed E-state index contributed by atoms with van der Waals surface area (Å²) in [4.78, 5) is 37.9. The van der Waals surface area contributed by atoms with Crippen LogP contribution in [0.5, 0.6) is 0 Å². The van der Waals surface area contributed by atoms with Gasteiger partial charge in [0.25, 0.3) is 0 Å². The van der Waals surface area contributed by atoms with E-state index in [0.29, 0.717) is 19.3 Å². The molecular weight excluding hydrogens is 781 g/mol. The number of hydrogen-bond acceptors (Lipinski definition) is 6. The zero-order valence-corrected chi connectivity index (χ0v) is 41.1. The van der Waals surface area contributed by atoms with Gasteiger partial charge in [0.2, 0.25) is 0 Å². The van der Waals surface area contributed by atoms with Gasteiger partial charge in [-0.2, -0.15) is 0 Å². The average Bonchev–Trinajstić information content (AvgIpc) is 3.28. The molecule has 0 rings (SSSR count). The predicted molar refractivity (Wildman–Crippen MR) is 270 cm³/mol. The van der Waals surface area contributed by atoms with Gasteiger partial charge in [-0.3, -0.25) is 14.4 Å². The first kappa shape index (κ1) is 59.6. The number of esters is 3. The Morgan fingerprint density at radius 1 is 0.333 bits per heavy atom. The topological polar surface area (TPSA) is 78.9 Å². The Labute approximate surface area is 388 Å². The molecule has 0 fully saturated rings. The Balaban J connectivity index is 4.48. The molecule has 0 saturated heterocycles. The fourth-order valence-electron chi connectivity index (χ4n) is 6.99. The van der Waals surface area contributed by atoms with E-state index in [1.807, 2.05) is 6.08 Å². The van der Waals surface area contributed by atoms with Gasteiger partial charge < -0.3 is 14.2 Å². The van der Waals surface area contributed by atoms with Gasteiger partial charge in [-0.05, 0) is 83.5 Å². The van der Waals surface area contributed by atoms with Crippen LogP contribution in [-0.4, -0.2) is 37.2 Å². The third-order valence-electron chi connectivity index (χ3n) is 10.9. The van der Waals surface area contributed by atoms with Crippen LogP contribution in [0, 0.1) is 0 Å². The van der Waals surface area contributed by atoms with Gasteiger partial charge in [0.05, 0.1) is 0 Å². The molecular formula is C57H96O6. The Kier molecular flexibility index (Phi) is 48.5. The van der Waals surface area contributed by atoms with Crippen molar-refractivity contribution in [2.24, 2.45) is 0 Å². The molecule has 1 atom stereocenters. The SMILES string of the molecule is CC/C=C\C/C=C\C/C=C\C/C=C\C/C=C\C/C=C\CCC(=O)OC[C@@H](COC(=O)CCCCCCCCCCCC)OC(=O)CCCCCCC/C=C\CCCCCCCCC. The summed E-state index contributed by atoms with van der Waals surface area (Å²) in [6, 6.07) is 0. The molecule has 0 N–H and O–H groups in total. The highest BCUT2D eigenvalue weighted by Crippen LogP contribution is 2.14. The number of ether oxygens (including phenoxy) is 3. The van der Waals surface area contributed by atoms with Gasteiger partial charge in [0, 0.05) is 19.3 Å². The lowest BCUT2D eigenvalue weighted by atomic mass is 10.1. The van der Waals surface area contributed by atoms with Crippen molar-refractivity contribution in [2.75, 3.05) is 13.2 Å². The summed E-state index contributed by atoms with van der Waals surface area (Å²) < 4.78 is 16.7. The first-order chi connectivity index (χ1) is 31.0. The van der Waals surface area contributed by atoms with E-state index in [1.165, 1.54) is 103 Å². The van der Waals surface area contributed by atoms with Crippen LogP contribution in [0.2, 0.25) is 0 Å². The highest BCUT2D eigenvalue weighted by atomic mass is 16.6. The van der Waals surface area contributed by atoms with E-state index < -0.39 is 6.10 Å². The molecule has 6 nitrogen and oxygen atoms in total. The van der Waals surface area contributed by atoms with Crippen LogP contribution in [0.1, 0.15) is 239 Å². The summed E-state index contributed by atoms with van der Waals surface area (Å²) in [5, 5.41) is 0. The Morgan fingerprint density at radius 3 is 1.06 bits per heavy atom. The minimum atomic E-state index is -0.808. The molecule has 6 heteroatoms. The van der Waals surface area contributed by atoms with Crippen LogP contribution in [0.15, 0.2) is 85.1 Å². The maximum Gasteiger partial charge on any atom is 0.306 e. The van der Waals surface area contributed by atoms with Crippen molar-refractivity contribution in [3.63, 3.8) is 0 Å². The zero-order valence-electron chi connectivity index (χ0n) is 41.1. The van der Waals surface area contributed by atoms with Gasteiger partial charge in [0.15, 0.2) is 6.10 Å². The summed E-state index contributed by atoms with van der Waals surface area (Å²) >= 11 is 0. The highest BCUT2D eigenvalue weighted by Gasteiger charge is 2.19. The van der Waals surface area contributed by atoms with Gasteiger partial charge in [-0.1, -0.05) is 221 Å². The van der Waals surface area contributed by atoms with E-state index in [0.717, 1.165) is 89.9 Å².